The Hall–Kier alpha value is -2.30. The number of carbonyl (C=O) groups is 1. The number of amides is 1. The van der Waals surface area contributed by atoms with Gasteiger partial charge < -0.3 is 15.0 Å². The number of halogens is 1. The van der Waals surface area contributed by atoms with Gasteiger partial charge in [-0.1, -0.05) is 23.7 Å². The molecule has 4 nitrogen and oxygen atoms in total. The van der Waals surface area contributed by atoms with Gasteiger partial charge in [-0.15, -0.1) is 0 Å². The molecule has 0 saturated carbocycles. The van der Waals surface area contributed by atoms with Gasteiger partial charge in [-0.3, -0.25) is 4.79 Å². The normalized spacial score (nSPS) is 10.9. The molecule has 0 aliphatic rings. The van der Waals surface area contributed by atoms with Gasteiger partial charge in [0.2, 0.25) is 5.91 Å². The molecule has 1 heterocycles. The standard InChI is InChI=1S/C18H17ClN2O2/c19-15-4-5-17-14(11-15)6-8-21(17)9-7-18(23)20-16-3-1-2-13(10-16)12-22/h1-6,8,10-11,22H,7,9,12H2,(H,20,23). The van der Waals surface area contributed by atoms with Crippen molar-refractivity contribution in [1.82, 2.24) is 4.57 Å². The van der Waals surface area contributed by atoms with E-state index >= 15 is 0 Å². The molecule has 0 bridgehead atoms. The van der Waals surface area contributed by atoms with Crippen molar-refractivity contribution >= 4 is 34.1 Å². The van der Waals surface area contributed by atoms with Crippen LogP contribution in [-0.4, -0.2) is 15.6 Å². The van der Waals surface area contributed by atoms with E-state index in [2.05, 4.69) is 5.32 Å². The molecular formula is C18H17ClN2O2. The topological polar surface area (TPSA) is 54.3 Å². The molecule has 2 aromatic carbocycles. The number of nitrogens with zero attached hydrogens (tertiary/aromatic N) is 1. The zero-order chi connectivity index (χ0) is 16.2. The van der Waals surface area contributed by atoms with Crippen LogP contribution in [0.3, 0.4) is 0 Å². The van der Waals surface area contributed by atoms with Crippen molar-refractivity contribution < 1.29 is 9.90 Å². The number of fused-ring (bicyclic) bond motifs is 1. The molecule has 1 aromatic heterocycles. The minimum absolute atomic E-state index is 0.0401. The lowest BCUT2D eigenvalue weighted by atomic mass is 10.2. The Bertz CT molecular complexity index is 842. The third-order valence-electron chi connectivity index (χ3n) is 3.71. The molecule has 3 rings (SSSR count). The van der Waals surface area contributed by atoms with Crippen LogP contribution in [0, 0.1) is 0 Å². The van der Waals surface area contributed by atoms with Gasteiger partial charge in [-0.2, -0.15) is 0 Å². The molecule has 5 heteroatoms. The van der Waals surface area contributed by atoms with Crippen molar-refractivity contribution in [2.75, 3.05) is 5.32 Å². The molecule has 2 N–H and O–H groups in total. The van der Waals surface area contributed by atoms with Crippen molar-refractivity contribution in [3.05, 3.63) is 65.3 Å². The fourth-order valence-electron chi connectivity index (χ4n) is 2.56. The molecule has 0 fully saturated rings. The van der Waals surface area contributed by atoms with E-state index in [1.807, 2.05) is 53.2 Å². The highest BCUT2D eigenvalue weighted by atomic mass is 35.5. The molecule has 0 unspecified atom stereocenters. The monoisotopic (exact) mass is 328 g/mol. The van der Waals surface area contributed by atoms with Crippen LogP contribution >= 0.6 is 11.6 Å². The SMILES string of the molecule is O=C(CCn1ccc2cc(Cl)ccc21)Nc1cccc(CO)c1. The Balaban J connectivity index is 1.63. The second-order valence-corrected chi connectivity index (χ2v) is 5.81. The van der Waals surface area contributed by atoms with Crippen LogP contribution in [0.5, 0.6) is 0 Å². The van der Waals surface area contributed by atoms with Crippen LogP contribution in [0.15, 0.2) is 54.7 Å². The molecule has 118 valence electrons. The maximum atomic E-state index is 12.1. The average Bonchev–Trinajstić information content (AvgIpc) is 2.95. The van der Waals surface area contributed by atoms with Gasteiger partial charge in [0.25, 0.3) is 0 Å². The van der Waals surface area contributed by atoms with Crippen molar-refractivity contribution in [3.63, 3.8) is 0 Å². The number of rotatable bonds is 5. The summed E-state index contributed by atoms with van der Waals surface area (Å²) in [6, 6.07) is 14.9. The Morgan fingerprint density at radius 2 is 2.04 bits per heavy atom. The van der Waals surface area contributed by atoms with Gasteiger partial charge in [0, 0.05) is 40.8 Å². The smallest absolute Gasteiger partial charge is 0.226 e. The van der Waals surface area contributed by atoms with E-state index in [1.165, 1.54) is 0 Å². The first-order valence-corrected chi connectivity index (χ1v) is 7.77. The number of benzene rings is 2. The summed E-state index contributed by atoms with van der Waals surface area (Å²) in [6.45, 7) is 0.554. The Kier molecular flexibility index (Phi) is 4.65. The maximum Gasteiger partial charge on any atom is 0.226 e. The number of hydrogen-bond acceptors (Lipinski definition) is 2. The molecule has 0 saturated heterocycles. The number of aliphatic hydroxyl groups is 1. The number of aryl methyl sites for hydroxylation is 1. The first-order valence-electron chi connectivity index (χ1n) is 7.40. The quantitative estimate of drug-likeness (QED) is 0.748. The minimum Gasteiger partial charge on any atom is -0.392 e. The Labute approximate surface area is 139 Å². The summed E-state index contributed by atoms with van der Waals surface area (Å²) >= 11 is 5.98. The molecular weight excluding hydrogens is 312 g/mol. The minimum atomic E-state index is -0.0593. The van der Waals surface area contributed by atoms with Gasteiger partial charge in [0.15, 0.2) is 0 Å². The van der Waals surface area contributed by atoms with Gasteiger partial charge >= 0.3 is 0 Å². The summed E-state index contributed by atoms with van der Waals surface area (Å²) in [5, 5.41) is 13.7. The van der Waals surface area contributed by atoms with E-state index in [4.69, 9.17) is 16.7 Å². The third kappa shape index (κ3) is 3.73. The molecule has 0 radical (unpaired) electrons. The lowest BCUT2D eigenvalue weighted by Gasteiger charge is -2.08. The van der Waals surface area contributed by atoms with Crippen molar-refractivity contribution in [1.29, 1.82) is 0 Å². The average molecular weight is 329 g/mol. The maximum absolute atomic E-state index is 12.1. The van der Waals surface area contributed by atoms with Crippen LogP contribution < -0.4 is 5.32 Å². The predicted octanol–water partition coefficient (Wildman–Crippen LogP) is 3.82. The van der Waals surface area contributed by atoms with Crippen LogP contribution in [0.1, 0.15) is 12.0 Å². The van der Waals surface area contributed by atoms with E-state index < -0.39 is 0 Å². The number of aromatic nitrogens is 1. The predicted molar refractivity (Wildman–Crippen MR) is 92.6 cm³/mol. The van der Waals surface area contributed by atoms with Gasteiger partial charge in [0.1, 0.15) is 0 Å². The summed E-state index contributed by atoms with van der Waals surface area (Å²) in [5.74, 6) is -0.0593. The van der Waals surface area contributed by atoms with E-state index in [0.717, 1.165) is 16.5 Å². The van der Waals surface area contributed by atoms with Gasteiger partial charge in [-0.05, 0) is 42.0 Å². The number of nitrogens with one attached hydrogen (secondary N) is 1. The van der Waals surface area contributed by atoms with Crippen molar-refractivity contribution in [2.24, 2.45) is 0 Å². The highest BCUT2D eigenvalue weighted by molar-refractivity contribution is 6.31. The van der Waals surface area contributed by atoms with Crippen LogP contribution in [0.25, 0.3) is 10.9 Å². The first-order chi connectivity index (χ1) is 11.2. The summed E-state index contributed by atoms with van der Waals surface area (Å²) in [5.41, 5.74) is 2.53. The molecule has 3 aromatic rings. The van der Waals surface area contributed by atoms with Gasteiger partial charge in [-0.25, -0.2) is 0 Å². The van der Waals surface area contributed by atoms with E-state index in [0.29, 0.717) is 23.7 Å². The molecule has 0 spiro atoms. The Morgan fingerprint density at radius 1 is 1.17 bits per heavy atom. The third-order valence-corrected chi connectivity index (χ3v) is 3.94. The van der Waals surface area contributed by atoms with Crippen LogP contribution in [-0.2, 0) is 17.9 Å². The van der Waals surface area contributed by atoms with Crippen LogP contribution in [0.4, 0.5) is 5.69 Å². The zero-order valence-corrected chi connectivity index (χ0v) is 13.3. The number of carbonyl (C=O) groups excluding carboxylic acids is 1. The second-order valence-electron chi connectivity index (χ2n) is 5.37. The van der Waals surface area contributed by atoms with Crippen molar-refractivity contribution in [2.45, 2.75) is 19.6 Å². The molecule has 1 amide bonds. The summed E-state index contributed by atoms with van der Waals surface area (Å²) in [7, 11) is 0. The summed E-state index contributed by atoms with van der Waals surface area (Å²) in [6.07, 6.45) is 2.33. The lowest BCUT2D eigenvalue weighted by Crippen LogP contribution is -2.14. The summed E-state index contributed by atoms with van der Waals surface area (Å²) in [4.78, 5) is 12.1. The molecule has 0 aliphatic carbocycles. The van der Waals surface area contributed by atoms with Gasteiger partial charge in [0.05, 0.1) is 6.61 Å². The summed E-state index contributed by atoms with van der Waals surface area (Å²) < 4.78 is 2.04. The lowest BCUT2D eigenvalue weighted by molar-refractivity contribution is -0.116. The van der Waals surface area contributed by atoms with E-state index in [-0.39, 0.29) is 12.5 Å². The molecule has 23 heavy (non-hydrogen) atoms. The fraction of sp³-hybridized carbons (Fsp3) is 0.167. The van der Waals surface area contributed by atoms with E-state index in [1.54, 1.807) is 6.07 Å². The number of aliphatic hydroxyl groups excluding tert-OH is 1. The molecule has 0 atom stereocenters. The highest BCUT2D eigenvalue weighted by Crippen LogP contribution is 2.20. The fourth-order valence-corrected chi connectivity index (χ4v) is 2.74. The largest absolute Gasteiger partial charge is 0.392 e. The van der Waals surface area contributed by atoms with Crippen molar-refractivity contribution in [3.8, 4) is 0 Å². The zero-order valence-electron chi connectivity index (χ0n) is 12.5. The Morgan fingerprint density at radius 3 is 2.87 bits per heavy atom. The second kappa shape index (κ2) is 6.86. The number of anilines is 1. The number of hydrogen-bond donors (Lipinski definition) is 2. The highest BCUT2D eigenvalue weighted by Gasteiger charge is 2.06. The molecule has 0 aliphatic heterocycles. The van der Waals surface area contributed by atoms with Crippen LogP contribution in [0.2, 0.25) is 5.02 Å². The van der Waals surface area contributed by atoms with E-state index in [9.17, 15) is 4.79 Å². The first kappa shape index (κ1) is 15.6.